The molecule has 1 unspecified atom stereocenters. The van der Waals surface area contributed by atoms with Crippen molar-refractivity contribution in [2.45, 2.75) is 19.4 Å². The van der Waals surface area contributed by atoms with E-state index < -0.39 is 5.97 Å². The van der Waals surface area contributed by atoms with Crippen molar-refractivity contribution in [1.82, 2.24) is 19.6 Å². The van der Waals surface area contributed by atoms with Gasteiger partial charge in [0, 0.05) is 45.1 Å². The van der Waals surface area contributed by atoms with E-state index in [2.05, 4.69) is 10.00 Å². The molecule has 0 aromatic carbocycles. The number of rotatable bonds is 5. The predicted molar refractivity (Wildman–Crippen MR) is 72.2 cm³/mol. The van der Waals surface area contributed by atoms with Gasteiger partial charge in [0.1, 0.15) is 6.04 Å². The molecule has 2 rings (SSSR count). The largest absolute Gasteiger partial charge is 0.481 e. The molecule has 7 nitrogen and oxygen atoms in total. The highest BCUT2D eigenvalue weighted by molar-refractivity contribution is 5.80. The number of piperazine rings is 1. The van der Waals surface area contributed by atoms with E-state index in [-0.39, 0.29) is 18.4 Å². The number of hydrogen-bond acceptors (Lipinski definition) is 4. The van der Waals surface area contributed by atoms with Crippen molar-refractivity contribution in [3.63, 3.8) is 0 Å². The van der Waals surface area contributed by atoms with Gasteiger partial charge in [-0.3, -0.25) is 19.2 Å². The summed E-state index contributed by atoms with van der Waals surface area (Å²) in [6, 6.07) is 1.50. The molecular formula is C13H20N4O3. The van der Waals surface area contributed by atoms with Crippen LogP contribution in [0.2, 0.25) is 0 Å². The first-order valence-corrected chi connectivity index (χ1v) is 6.80. The predicted octanol–water partition coefficient (Wildman–Crippen LogP) is 0.0630. The third kappa shape index (κ3) is 3.57. The molecule has 1 aromatic heterocycles. The summed E-state index contributed by atoms with van der Waals surface area (Å²) < 4.78 is 1.65. The lowest BCUT2D eigenvalue weighted by Gasteiger charge is -2.35. The normalized spacial score (nSPS) is 17.9. The van der Waals surface area contributed by atoms with Crippen molar-refractivity contribution in [2.75, 3.05) is 32.7 Å². The van der Waals surface area contributed by atoms with Gasteiger partial charge in [-0.1, -0.05) is 0 Å². The number of amides is 1. The maximum Gasteiger partial charge on any atom is 0.304 e. The maximum atomic E-state index is 12.3. The van der Waals surface area contributed by atoms with Gasteiger partial charge >= 0.3 is 5.97 Å². The van der Waals surface area contributed by atoms with Gasteiger partial charge in [0.2, 0.25) is 5.91 Å². The molecular weight excluding hydrogens is 260 g/mol. The number of carboxylic acid groups (broad SMARTS) is 1. The highest BCUT2D eigenvalue weighted by Gasteiger charge is 2.25. The van der Waals surface area contributed by atoms with E-state index in [1.807, 2.05) is 11.8 Å². The average Bonchev–Trinajstić information content (AvgIpc) is 2.98. The van der Waals surface area contributed by atoms with Crippen LogP contribution in [-0.4, -0.2) is 69.3 Å². The van der Waals surface area contributed by atoms with E-state index in [4.69, 9.17) is 5.11 Å². The molecule has 1 aliphatic heterocycles. The molecule has 1 N–H and O–H groups in total. The number of nitrogens with zero attached hydrogens (tertiary/aromatic N) is 4. The van der Waals surface area contributed by atoms with Crippen LogP contribution in [-0.2, 0) is 9.59 Å². The molecule has 7 heteroatoms. The monoisotopic (exact) mass is 280 g/mol. The molecule has 110 valence electrons. The van der Waals surface area contributed by atoms with Gasteiger partial charge in [-0.25, -0.2) is 0 Å². The van der Waals surface area contributed by atoms with E-state index >= 15 is 0 Å². The van der Waals surface area contributed by atoms with Gasteiger partial charge in [-0.15, -0.1) is 0 Å². The molecule has 0 bridgehead atoms. The van der Waals surface area contributed by atoms with Crippen LogP contribution in [0.1, 0.15) is 19.4 Å². The average molecular weight is 280 g/mol. The summed E-state index contributed by atoms with van der Waals surface area (Å²) in [5.41, 5.74) is 0. The van der Waals surface area contributed by atoms with Crippen molar-refractivity contribution in [2.24, 2.45) is 0 Å². The van der Waals surface area contributed by atoms with Crippen LogP contribution in [0.5, 0.6) is 0 Å². The number of aromatic nitrogens is 2. The zero-order valence-corrected chi connectivity index (χ0v) is 11.6. The Morgan fingerprint density at radius 3 is 2.55 bits per heavy atom. The Morgan fingerprint density at radius 2 is 2.00 bits per heavy atom. The minimum Gasteiger partial charge on any atom is -0.481 e. The highest BCUT2D eigenvalue weighted by Crippen LogP contribution is 2.11. The number of hydrogen-bond donors (Lipinski definition) is 1. The Bertz CT molecular complexity index is 452. The van der Waals surface area contributed by atoms with Crippen molar-refractivity contribution in [1.29, 1.82) is 0 Å². The maximum absolute atomic E-state index is 12.3. The lowest BCUT2D eigenvalue weighted by atomic mass is 10.2. The second kappa shape index (κ2) is 6.51. The summed E-state index contributed by atoms with van der Waals surface area (Å²) in [6.45, 7) is 5.13. The molecule has 0 saturated carbocycles. The first kappa shape index (κ1) is 14.5. The minimum absolute atomic E-state index is 0.0617. The van der Waals surface area contributed by atoms with E-state index in [0.29, 0.717) is 19.6 Å². The Kier molecular flexibility index (Phi) is 4.73. The second-order valence-corrected chi connectivity index (χ2v) is 4.97. The van der Waals surface area contributed by atoms with Crippen molar-refractivity contribution in [3.05, 3.63) is 18.5 Å². The van der Waals surface area contributed by atoms with Gasteiger partial charge in [0.25, 0.3) is 0 Å². The van der Waals surface area contributed by atoms with Gasteiger partial charge in [0.15, 0.2) is 0 Å². The smallest absolute Gasteiger partial charge is 0.304 e. The van der Waals surface area contributed by atoms with E-state index in [1.165, 1.54) is 0 Å². The molecule has 1 saturated heterocycles. The molecule has 1 atom stereocenters. The molecule has 1 fully saturated rings. The Hall–Kier alpha value is -1.89. The van der Waals surface area contributed by atoms with Crippen LogP contribution >= 0.6 is 0 Å². The van der Waals surface area contributed by atoms with Crippen LogP contribution in [0.3, 0.4) is 0 Å². The van der Waals surface area contributed by atoms with Crippen LogP contribution in [0.25, 0.3) is 0 Å². The minimum atomic E-state index is -0.782. The van der Waals surface area contributed by atoms with Crippen LogP contribution < -0.4 is 0 Å². The van der Waals surface area contributed by atoms with Gasteiger partial charge in [0.05, 0.1) is 6.42 Å². The summed E-state index contributed by atoms with van der Waals surface area (Å²) >= 11 is 0. The first-order chi connectivity index (χ1) is 9.58. The molecule has 0 spiro atoms. The van der Waals surface area contributed by atoms with Gasteiger partial charge < -0.3 is 10.0 Å². The summed E-state index contributed by atoms with van der Waals surface area (Å²) in [7, 11) is 0. The lowest BCUT2D eigenvalue weighted by Crippen LogP contribution is -2.50. The molecule has 0 radical (unpaired) electrons. The van der Waals surface area contributed by atoms with Gasteiger partial charge in [-0.05, 0) is 13.0 Å². The molecule has 1 amide bonds. The van der Waals surface area contributed by atoms with E-state index in [0.717, 1.165) is 13.1 Å². The number of carboxylic acids is 1. The summed E-state index contributed by atoms with van der Waals surface area (Å²) in [6.07, 6.45) is 3.59. The number of carbonyl (C=O) groups is 2. The summed E-state index contributed by atoms with van der Waals surface area (Å²) in [5, 5.41) is 12.8. The fourth-order valence-corrected chi connectivity index (χ4v) is 2.33. The number of carbonyl (C=O) groups excluding carboxylic acids is 1. The van der Waals surface area contributed by atoms with Gasteiger partial charge in [-0.2, -0.15) is 5.10 Å². The third-order valence-electron chi connectivity index (χ3n) is 3.60. The van der Waals surface area contributed by atoms with Crippen molar-refractivity contribution in [3.8, 4) is 0 Å². The third-order valence-corrected chi connectivity index (χ3v) is 3.60. The Labute approximate surface area is 117 Å². The van der Waals surface area contributed by atoms with Crippen LogP contribution in [0.4, 0.5) is 0 Å². The fourth-order valence-electron chi connectivity index (χ4n) is 2.33. The molecule has 2 heterocycles. The summed E-state index contributed by atoms with van der Waals surface area (Å²) in [5.74, 6) is -0.720. The quantitative estimate of drug-likeness (QED) is 0.825. The molecule has 20 heavy (non-hydrogen) atoms. The Balaban J connectivity index is 1.81. The van der Waals surface area contributed by atoms with Crippen LogP contribution in [0, 0.1) is 0 Å². The molecule has 0 aliphatic carbocycles. The highest BCUT2D eigenvalue weighted by atomic mass is 16.4. The lowest BCUT2D eigenvalue weighted by molar-refractivity contribution is -0.139. The zero-order valence-electron chi connectivity index (χ0n) is 11.6. The SMILES string of the molecule is CC(C(=O)N1CCN(CCC(=O)O)CC1)n1cccn1. The van der Waals surface area contributed by atoms with E-state index in [9.17, 15) is 9.59 Å². The molecule has 1 aromatic rings. The standard InChI is InChI=1S/C13H20N4O3/c1-11(17-5-2-4-14-17)13(20)16-9-7-15(8-10-16)6-3-12(18)19/h2,4-5,11H,3,6-10H2,1H3,(H,18,19). The molecule has 1 aliphatic rings. The van der Waals surface area contributed by atoms with Crippen LogP contribution in [0.15, 0.2) is 18.5 Å². The first-order valence-electron chi connectivity index (χ1n) is 6.80. The number of aliphatic carboxylic acids is 1. The van der Waals surface area contributed by atoms with Crippen molar-refractivity contribution >= 4 is 11.9 Å². The van der Waals surface area contributed by atoms with Crippen molar-refractivity contribution < 1.29 is 14.7 Å². The second-order valence-electron chi connectivity index (χ2n) is 4.97. The summed E-state index contributed by atoms with van der Waals surface area (Å²) in [4.78, 5) is 26.8. The Morgan fingerprint density at radius 1 is 1.30 bits per heavy atom. The van der Waals surface area contributed by atoms with E-state index in [1.54, 1.807) is 23.1 Å². The topological polar surface area (TPSA) is 78.7 Å². The fraction of sp³-hybridized carbons (Fsp3) is 0.615. The zero-order chi connectivity index (χ0) is 14.5.